The molecule has 0 atom stereocenters. The summed E-state index contributed by atoms with van der Waals surface area (Å²) in [7, 11) is 0. The number of rotatable bonds is 5. The first-order chi connectivity index (χ1) is 10.3. The highest BCUT2D eigenvalue weighted by Crippen LogP contribution is 2.18. The molecule has 3 rings (SSSR count). The lowest BCUT2D eigenvalue weighted by molar-refractivity contribution is 0.282. The zero-order valence-electron chi connectivity index (χ0n) is 11.4. The molecule has 2 aromatic heterocycles. The van der Waals surface area contributed by atoms with Crippen molar-refractivity contribution in [1.29, 1.82) is 0 Å². The Morgan fingerprint density at radius 2 is 1.95 bits per heavy atom. The smallest absolute Gasteiger partial charge is 0.227 e. The number of benzene rings is 1. The third-order valence-corrected chi connectivity index (χ3v) is 3.19. The van der Waals surface area contributed by atoms with Crippen molar-refractivity contribution in [2.75, 3.05) is 0 Å². The predicted molar refractivity (Wildman–Crippen MR) is 77.3 cm³/mol. The van der Waals surface area contributed by atoms with E-state index >= 15 is 0 Å². The molecule has 0 spiro atoms. The van der Waals surface area contributed by atoms with Gasteiger partial charge in [-0.05, 0) is 29.7 Å². The highest BCUT2D eigenvalue weighted by Gasteiger charge is 2.09. The number of aliphatic hydroxyl groups is 1. The Hall–Kier alpha value is -2.53. The SMILES string of the molecule is OCc1cccc(-c2noc(CCc3cccnc3)n2)c1. The minimum atomic E-state index is -0.000441. The second-order valence-electron chi connectivity index (χ2n) is 4.73. The Morgan fingerprint density at radius 3 is 2.76 bits per heavy atom. The minimum Gasteiger partial charge on any atom is -0.392 e. The quantitative estimate of drug-likeness (QED) is 0.777. The van der Waals surface area contributed by atoms with Gasteiger partial charge in [-0.1, -0.05) is 29.4 Å². The van der Waals surface area contributed by atoms with Crippen LogP contribution in [0.2, 0.25) is 0 Å². The van der Waals surface area contributed by atoms with Gasteiger partial charge < -0.3 is 9.63 Å². The lowest BCUT2D eigenvalue weighted by Gasteiger charge is -1.98. The maximum atomic E-state index is 9.15. The van der Waals surface area contributed by atoms with Gasteiger partial charge in [0.25, 0.3) is 0 Å². The minimum absolute atomic E-state index is 0.000441. The maximum absolute atomic E-state index is 9.15. The van der Waals surface area contributed by atoms with Crippen LogP contribution < -0.4 is 0 Å². The van der Waals surface area contributed by atoms with Gasteiger partial charge in [0.1, 0.15) is 0 Å². The summed E-state index contributed by atoms with van der Waals surface area (Å²) < 4.78 is 5.27. The van der Waals surface area contributed by atoms with Crippen LogP contribution in [-0.2, 0) is 19.4 Å². The van der Waals surface area contributed by atoms with Gasteiger partial charge >= 0.3 is 0 Å². The van der Waals surface area contributed by atoms with Crippen LogP contribution >= 0.6 is 0 Å². The van der Waals surface area contributed by atoms with Gasteiger partial charge in [0, 0.05) is 24.4 Å². The fraction of sp³-hybridized carbons (Fsp3) is 0.188. The van der Waals surface area contributed by atoms with Gasteiger partial charge in [0.15, 0.2) is 0 Å². The largest absolute Gasteiger partial charge is 0.392 e. The highest BCUT2D eigenvalue weighted by atomic mass is 16.5. The fourth-order valence-corrected chi connectivity index (χ4v) is 2.08. The second kappa shape index (κ2) is 6.28. The van der Waals surface area contributed by atoms with Gasteiger partial charge in [0.05, 0.1) is 6.61 Å². The molecule has 0 saturated carbocycles. The summed E-state index contributed by atoms with van der Waals surface area (Å²) >= 11 is 0. The van der Waals surface area contributed by atoms with E-state index in [9.17, 15) is 0 Å². The van der Waals surface area contributed by atoms with Crippen molar-refractivity contribution >= 4 is 0 Å². The van der Waals surface area contributed by atoms with Crippen molar-refractivity contribution in [2.24, 2.45) is 0 Å². The van der Waals surface area contributed by atoms with Gasteiger partial charge in [-0.25, -0.2) is 0 Å². The van der Waals surface area contributed by atoms with E-state index in [1.165, 1.54) is 0 Å². The number of hydrogen-bond acceptors (Lipinski definition) is 5. The zero-order valence-corrected chi connectivity index (χ0v) is 11.4. The Bertz CT molecular complexity index is 710. The van der Waals surface area contributed by atoms with Gasteiger partial charge in [-0.15, -0.1) is 0 Å². The van der Waals surface area contributed by atoms with E-state index < -0.39 is 0 Å². The van der Waals surface area contributed by atoms with Crippen LogP contribution in [0.5, 0.6) is 0 Å². The van der Waals surface area contributed by atoms with Crippen molar-refractivity contribution in [3.05, 3.63) is 65.8 Å². The van der Waals surface area contributed by atoms with E-state index in [1.807, 2.05) is 42.6 Å². The average Bonchev–Trinajstić information content (AvgIpc) is 3.03. The summed E-state index contributed by atoms with van der Waals surface area (Å²) in [5, 5.41) is 13.1. The summed E-state index contributed by atoms with van der Waals surface area (Å²) in [5.74, 6) is 1.15. The van der Waals surface area contributed by atoms with E-state index in [0.717, 1.165) is 23.1 Å². The first-order valence-electron chi connectivity index (χ1n) is 6.77. The molecule has 0 aliphatic heterocycles. The van der Waals surface area contributed by atoms with Crippen LogP contribution in [0.15, 0.2) is 53.3 Å². The topological polar surface area (TPSA) is 72.0 Å². The van der Waals surface area contributed by atoms with Gasteiger partial charge in [0.2, 0.25) is 11.7 Å². The molecule has 1 N–H and O–H groups in total. The molecule has 3 aromatic rings. The van der Waals surface area contributed by atoms with Crippen LogP contribution in [0.1, 0.15) is 17.0 Å². The monoisotopic (exact) mass is 281 g/mol. The molecule has 0 aliphatic carbocycles. The van der Waals surface area contributed by atoms with E-state index in [0.29, 0.717) is 18.1 Å². The molecule has 0 fully saturated rings. The second-order valence-corrected chi connectivity index (χ2v) is 4.73. The lowest BCUT2D eigenvalue weighted by atomic mass is 10.1. The molecule has 0 radical (unpaired) electrons. The van der Waals surface area contributed by atoms with E-state index in [1.54, 1.807) is 6.20 Å². The molecule has 5 nitrogen and oxygen atoms in total. The molecular weight excluding hydrogens is 266 g/mol. The van der Waals surface area contributed by atoms with Crippen molar-refractivity contribution < 1.29 is 9.63 Å². The highest BCUT2D eigenvalue weighted by molar-refractivity contribution is 5.55. The van der Waals surface area contributed by atoms with Crippen LogP contribution in [0.25, 0.3) is 11.4 Å². The number of hydrogen-bond donors (Lipinski definition) is 1. The average molecular weight is 281 g/mol. The third-order valence-electron chi connectivity index (χ3n) is 3.19. The Balaban J connectivity index is 1.71. The van der Waals surface area contributed by atoms with E-state index in [4.69, 9.17) is 9.63 Å². The first kappa shape index (κ1) is 13.5. The first-order valence-corrected chi connectivity index (χ1v) is 6.77. The molecule has 5 heteroatoms. The molecule has 0 saturated heterocycles. The van der Waals surface area contributed by atoms with Crippen molar-refractivity contribution in [3.8, 4) is 11.4 Å². The van der Waals surface area contributed by atoms with Gasteiger partial charge in [-0.2, -0.15) is 4.98 Å². The normalized spacial score (nSPS) is 10.7. The molecule has 0 unspecified atom stereocenters. The van der Waals surface area contributed by atoms with Crippen LogP contribution in [-0.4, -0.2) is 20.2 Å². The number of nitrogens with zero attached hydrogens (tertiary/aromatic N) is 3. The summed E-state index contributed by atoms with van der Waals surface area (Å²) in [6.07, 6.45) is 5.08. The Morgan fingerprint density at radius 1 is 1.05 bits per heavy atom. The summed E-state index contributed by atoms with van der Waals surface area (Å²) in [4.78, 5) is 8.47. The molecule has 1 aromatic carbocycles. The maximum Gasteiger partial charge on any atom is 0.227 e. The zero-order chi connectivity index (χ0) is 14.5. The molecule has 0 bridgehead atoms. The predicted octanol–water partition coefficient (Wildman–Crippen LogP) is 2.41. The van der Waals surface area contributed by atoms with Gasteiger partial charge in [-0.3, -0.25) is 4.98 Å². The van der Waals surface area contributed by atoms with Crippen LogP contribution in [0.3, 0.4) is 0 Å². The lowest BCUT2D eigenvalue weighted by Crippen LogP contribution is -1.92. The van der Waals surface area contributed by atoms with E-state index in [2.05, 4.69) is 15.1 Å². The molecular formula is C16H15N3O2. The molecule has 21 heavy (non-hydrogen) atoms. The van der Waals surface area contributed by atoms with Crippen LogP contribution in [0.4, 0.5) is 0 Å². The van der Waals surface area contributed by atoms with Crippen LogP contribution in [0, 0.1) is 0 Å². The van der Waals surface area contributed by atoms with Crippen molar-refractivity contribution in [3.63, 3.8) is 0 Å². The number of aryl methyl sites for hydroxylation is 2. The fourth-order valence-electron chi connectivity index (χ4n) is 2.08. The number of aromatic nitrogens is 3. The molecule has 2 heterocycles. The third kappa shape index (κ3) is 3.32. The van der Waals surface area contributed by atoms with E-state index in [-0.39, 0.29) is 6.61 Å². The van der Waals surface area contributed by atoms with Crippen molar-refractivity contribution in [2.45, 2.75) is 19.4 Å². The summed E-state index contributed by atoms with van der Waals surface area (Å²) in [6.45, 7) is -0.000441. The molecule has 0 amide bonds. The standard InChI is InChI=1S/C16H15N3O2/c20-11-13-3-1-5-14(9-13)16-18-15(21-19-16)7-6-12-4-2-8-17-10-12/h1-5,8-10,20H,6-7,11H2. The number of aliphatic hydroxyl groups excluding tert-OH is 1. The Labute approximate surface area is 122 Å². The summed E-state index contributed by atoms with van der Waals surface area (Å²) in [5.41, 5.74) is 2.81. The Kier molecular flexibility index (Phi) is 4.02. The summed E-state index contributed by atoms with van der Waals surface area (Å²) in [6, 6.07) is 11.4. The molecule has 0 aliphatic rings. The van der Waals surface area contributed by atoms with Crippen molar-refractivity contribution in [1.82, 2.24) is 15.1 Å². The molecule has 106 valence electrons. The number of pyridine rings is 1.